The SMILES string of the molecule is CCOc1cc2c(cc1OCC)[C@@H](c1ccc(OC)c(O)c1)NCC2. The molecule has 0 bridgehead atoms. The Kier molecular flexibility index (Phi) is 5.34. The summed E-state index contributed by atoms with van der Waals surface area (Å²) in [5.41, 5.74) is 3.39. The van der Waals surface area contributed by atoms with Crippen LogP contribution in [0.25, 0.3) is 0 Å². The van der Waals surface area contributed by atoms with E-state index in [1.54, 1.807) is 19.2 Å². The van der Waals surface area contributed by atoms with E-state index < -0.39 is 0 Å². The lowest BCUT2D eigenvalue weighted by atomic mass is 9.89. The predicted octanol–water partition coefficient (Wildman–Crippen LogP) is 3.43. The highest BCUT2D eigenvalue weighted by Crippen LogP contribution is 2.39. The van der Waals surface area contributed by atoms with Gasteiger partial charge in [-0.15, -0.1) is 0 Å². The zero-order valence-corrected chi connectivity index (χ0v) is 15.0. The first-order chi connectivity index (χ1) is 12.2. The van der Waals surface area contributed by atoms with Crippen LogP contribution in [-0.2, 0) is 6.42 Å². The van der Waals surface area contributed by atoms with E-state index in [0.29, 0.717) is 19.0 Å². The third-order valence-corrected chi connectivity index (χ3v) is 4.40. The number of methoxy groups -OCH3 is 1. The summed E-state index contributed by atoms with van der Waals surface area (Å²) in [5.74, 6) is 2.17. The number of ether oxygens (including phenoxy) is 3. The highest BCUT2D eigenvalue weighted by molar-refractivity contribution is 5.53. The Labute approximate surface area is 148 Å². The summed E-state index contributed by atoms with van der Waals surface area (Å²) in [6.45, 7) is 5.99. The summed E-state index contributed by atoms with van der Waals surface area (Å²) >= 11 is 0. The standard InChI is InChI=1S/C20H25NO4/c1-4-24-18-11-13-8-9-21-20(15(13)12-19(18)25-5-2)14-6-7-17(23-3)16(22)10-14/h6-7,10-12,20-22H,4-5,8-9H2,1-3H3/t20-/m1/s1. The molecule has 1 aliphatic heterocycles. The monoisotopic (exact) mass is 343 g/mol. The van der Waals surface area contributed by atoms with Crippen LogP contribution >= 0.6 is 0 Å². The molecule has 25 heavy (non-hydrogen) atoms. The van der Waals surface area contributed by atoms with Gasteiger partial charge in [-0.3, -0.25) is 0 Å². The number of aromatic hydroxyl groups is 1. The average Bonchev–Trinajstić information content (AvgIpc) is 2.62. The van der Waals surface area contributed by atoms with Gasteiger partial charge in [0.05, 0.1) is 26.4 Å². The van der Waals surface area contributed by atoms with Crippen molar-refractivity contribution in [1.82, 2.24) is 5.32 Å². The summed E-state index contributed by atoms with van der Waals surface area (Å²) in [7, 11) is 1.55. The number of benzene rings is 2. The Hall–Kier alpha value is -2.40. The van der Waals surface area contributed by atoms with E-state index in [-0.39, 0.29) is 11.8 Å². The third kappa shape index (κ3) is 3.51. The summed E-state index contributed by atoms with van der Waals surface area (Å²) in [6.07, 6.45) is 0.931. The van der Waals surface area contributed by atoms with Gasteiger partial charge in [-0.2, -0.15) is 0 Å². The van der Waals surface area contributed by atoms with Gasteiger partial charge in [0, 0.05) is 6.54 Å². The highest BCUT2D eigenvalue weighted by atomic mass is 16.5. The van der Waals surface area contributed by atoms with Gasteiger partial charge in [0.25, 0.3) is 0 Å². The van der Waals surface area contributed by atoms with E-state index >= 15 is 0 Å². The normalized spacial score (nSPS) is 16.2. The van der Waals surface area contributed by atoms with Crippen LogP contribution in [0.5, 0.6) is 23.0 Å². The summed E-state index contributed by atoms with van der Waals surface area (Å²) < 4.78 is 16.7. The Bertz CT molecular complexity index is 745. The van der Waals surface area contributed by atoms with Crippen LogP contribution in [0.15, 0.2) is 30.3 Å². The number of phenols is 1. The number of nitrogens with one attached hydrogen (secondary N) is 1. The lowest BCUT2D eigenvalue weighted by Crippen LogP contribution is -2.30. The maximum absolute atomic E-state index is 10.1. The van der Waals surface area contributed by atoms with Crippen LogP contribution in [0, 0.1) is 0 Å². The highest BCUT2D eigenvalue weighted by Gasteiger charge is 2.24. The topological polar surface area (TPSA) is 60.0 Å². The van der Waals surface area contributed by atoms with Crippen molar-refractivity contribution in [1.29, 1.82) is 0 Å². The Morgan fingerprint density at radius 2 is 1.76 bits per heavy atom. The Morgan fingerprint density at radius 3 is 2.40 bits per heavy atom. The molecule has 0 fully saturated rings. The molecule has 5 nitrogen and oxygen atoms in total. The van der Waals surface area contributed by atoms with Gasteiger partial charge < -0.3 is 24.6 Å². The van der Waals surface area contributed by atoms with Crippen LogP contribution in [0.4, 0.5) is 0 Å². The molecule has 0 radical (unpaired) electrons. The van der Waals surface area contributed by atoms with Gasteiger partial charge in [-0.05, 0) is 61.2 Å². The largest absolute Gasteiger partial charge is 0.504 e. The molecule has 0 saturated carbocycles. The first-order valence-corrected chi connectivity index (χ1v) is 8.70. The molecule has 1 atom stereocenters. The molecule has 5 heteroatoms. The quantitative estimate of drug-likeness (QED) is 0.841. The molecule has 1 heterocycles. The number of fused-ring (bicyclic) bond motifs is 1. The van der Waals surface area contributed by atoms with Crippen LogP contribution < -0.4 is 19.5 Å². The minimum absolute atomic E-state index is 0.00422. The molecule has 0 aliphatic carbocycles. The van der Waals surface area contributed by atoms with E-state index in [9.17, 15) is 5.11 Å². The smallest absolute Gasteiger partial charge is 0.161 e. The Morgan fingerprint density at radius 1 is 1.04 bits per heavy atom. The molecular weight excluding hydrogens is 318 g/mol. The zero-order valence-electron chi connectivity index (χ0n) is 15.0. The fourth-order valence-corrected chi connectivity index (χ4v) is 3.28. The minimum Gasteiger partial charge on any atom is -0.504 e. The van der Waals surface area contributed by atoms with E-state index in [0.717, 1.165) is 35.6 Å². The van der Waals surface area contributed by atoms with Crippen LogP contribution in [0.2, 0.25) is 0 Å². The summed E-state index contributed by atoms with van der Waals surface area (Å²) in [5, 5.41) is 13.7. The molecular formula is C20H25NO4. The molecule has 1 aliphatic rings. The number of hydrogen-bond donors (Lipinski definition) is 2. The molecule has 0 saturated heterocycles. The minimum atomic E-state index is -0.00422. The lowest BCUT2D eigenvalue weighted by Gasteiger charge is -2.29. The van der Waals surface area contributed by atoms with E-state index in [1.807, 2.05) is 19.9 Å². The first-order valence-electron chi connectivity index (χ1n) is 8.70. The molecule has 134 valence electrons. The molecule has 0 unspecified atom stereocenters. The second-order valence-corrected chi connectivity index (χ2v) is 5.93. The van der Waals surface area contributed by atoms with Crippen molar-refractivity contribution in [2.75, 3.05) is 26.9 Å². The average molecular weight is 343 g/mol. The number of rotatable bonds is 6. The lowest BCUT2D eigenvalue weighted by molar-refractivity contribution is 0.286. The van der Waals surface area contributed by atoms with Crippen LogP contribution in [-0.4, -0.2) is 32.0 Å². The number of phenolic OH excluding ortho intramolecular Hbond substituents is 1. The molecule has 0 aromatic heterocycles. The van der Waals surface area contributed by atoms with Gasteiger partial charge in [0.1, 0.15) is 0 Å². The van der Waals surface area contributed by atoms with E-state index in [4.69, 9.17) is 14.2 Å². The molecule has 0 amide bonds. The van der Waals surface area contributed by atoms with Crippen molar-refractivity contribution in [3.63, 3.8) is 0 Å². The van der Waals surface area contributed by atoms with Gasteiger partial charge >= 0.3 is 0 Å². The first kappa shape index (κ1) is 17.4. The van der Waals surface area contributed by atoms with Crippen LogP contribution in [0.3, 0.4) is 0 Å². The van der Waals surface area contributed by atoms with Crippen molar-refractivity contribution in [3.05, 3.63) is 47.0 Å². The van der Waals surface area contributed by atoms with Crippen molar-refractivity contribution in [3.8, 4) is 23.0 Å². The third-order valence-electron chi connectivity index (χ3n) is 4.40. The van der Waals surface area contributed by atoms with Crippen molar-refractivity contribution in [2.45, 2.75) is 26.3 Å². The second kappa shape index (κ2) is 7.66. The van der Waals surface area contributed by atoms with E-state index in [1.165, 1.54) is 5.56 Å². The van der Waals surface area contributed by atoms with Gasteiger partial charge in [0.15, 0.2) is 23.0 Å². The van der Waals surface area contributed by atoms with Crippen molar-refractivity contribution in [2.24, 2.45) is 0 Å². The maximum atomic E-state index is 10.1. The van der Waals surface area contributed by atoms with E-state index in [2.05, 4.69) is 17.4 Å². The Balaban J connectivity index is 2.03. The summed E-state index contributed by atoms with van der Waals surface area (Å²) in [4.78, 5) is 0. The number of hydrogen-bond acceptors (Lipinski definition) is 5. The van der Waals surface area contributed by atoms with Gasteiger partial charge in [-0.25, -0.2) is 0 Å². The van der Waals surface area contributed by atoms with Gasteiger partial charge in [-0.1, -0.05) is 6.07 Å². The molecule has 2 N–H and O–H groups in total. The van der Waals surface area contributed by atoms with Gasteiger partial charge in [0.2, 0.25) is 0 Å². The van der Waals surface area contributed by atoms with Crippen molar-refractivity contribution < 1.29 is 19.3 Å². The molecule has 2 aromatic rings. The molecule has 2 aromatic carbocycles. The van der Waals surface area contributed by atoms with Crippen molar-refractivity contribution >= 4 is 0 Å². The summed E-state index contributed by atoms with van der Waals surface area (Å²) in [6, 6.07) is 9.65. The fourth-order valence-electron chi connectivity index (χ4n) is 3.28. The maximum Gasteiger partial charge on any atom is 0.161 e. The predicted molar refractivity (Wildman–Crippen MR) is 97.0 cm³/mol. The zero-order chi connectivity index (χ0) is 17.8. The fraction of sp³-hybridized carbons (Fsp3) is 0.400. The molecule has 0 spiro atoms. The second-order valence-electron chi connectivity index (χ2n) is 5.93. The van der Waals surface area contributed by atoms with Crippen LogP contribution in [0.1, 0.15) is 36.6 Å². The molecule has 3 rings (SSSR count).